The van der Waals surface area contributed by atoms with Crippen LogP contribution in [0.4, 0.5) is 15.8 Å². The van der Waals surface area contributed by atoms with Crippen molar-refractivity contribution in [2.24, 2.45) is 0 Å². The van der Waals surface area contributed by atoms with Gasteiger partial charge in [0.1, 0.15) is 5.82 Å². The number of anilines is 2. The molecule has 0 atom stereocenters. The molecule has 0 saturated heterocycles. The highest BCUT2D eigenvalue weighted by molar-refractivity contribution is 5.65. The molecule has 100 valence electrons. The van der Waals surface area contributed by atoms with E-state index in [0.717, 1.165) is 11.4 Å². The van der Waals surface area contributed by atoms with Crippen LogP contribution in [-0.2, 0) is 0 Å². The van der Waals surface area contributed by atoms with E-state index in [2.05, 4.69) is 50.8 Å². The van der Waals surface area contributed by atoms with Crippen LogP contribution in [0.25, 0.3) is 0 Å². The lowest BCUT2D eigenvalue weighted by molar-refractivity contribution is 0.559. The van der Waals surface area contributed by atoms with Gasteiger partial charge in [0.2, 0.25) is 0 Å². The predicted octanol–water partition coefficient (Wildman–Crippen LogP) is 5.07. The molecule has 2 aromatic rings. The van der Waals surface area contributed by atoms with Gasteiger partial charge in [0.05, 0.1) is 0 Å². The van der Waals surface area contributed by atoms with Gasteiger partial charge in [-0.05, 0) is 69.7 Å². The number of halogens is 1. The smallest absolute Gasteiger partial charge is 0.123 e. The molecule has 2 rings (SSSR count). The zero-order valence-corrected chi connectivity index (χ0v) is 11.9. The number of nitrogens with zero attached hydrogens (tertiary/aromatic N) is 1. The maximum Gasteiger partial charge on any atom is 0.123 e. The Morgan fingerprint density at radius 1 is 0.895 bits per heavy atom. The van der Waals surface area contributed by atoms with E-state index in [1.807, 2.05) is 18.2 Å². The second kappa shape index (κ2) is 5.04. The minimum atomic E-state index is -0.207. The molecule has 2 heteroatoms. The van der Waals surface area contributed by atoms with Gasteiger partial charge in [-0.25, -0.2) is 4.39 Å². The molecule has 0 fully saturated rings. The molecular formula is C17H20FN. The third kappa shape index (κ3) is 3.14. The van der Waals surface area contributed by atoms with Crippen LogP contribution in [-0.4, -0.2) is 5.54 Å². The summed E-state index contributed by atoms with van der Waals surface area (Å²) in [4.78, 5) is 2.22. The van der Waals surface area contributed by atoms with Crippen LogP contribution in [0.3, 0.4) is 0 Å². The molecule has 19 heavy (non-hydrogen) atoms. The zero-order chi connectivity index (χ0) is 14.0. The van der Waals surface area contributed by atoms with E-state index in [1.54, 1.807) is 0 Å². The van der Waals surface area contributed by atoms with Gasteiger partial charge in [-0.1, -0.05) is 12.1 Å². The summed E-state index contributed by atoms with van der Waals surface area (Å²) in [5.74, 6) is -0.207. The summed E-state index contributed by atoms with van der Waals surface area (Å²) in [7, 11) is 0. The standard InChI is InChI=1S/C17H20FN/c1-13-6-5-7-16(12-13)19(17(2,3)4)15-10-8-14(18)9-11-15/h5-12H,1-4H3. The minimum Gasteiger partial charge on any atom is -0.336 e. The van der Waals surface area contributed by atoms with Crippen LogP contribution < -0.4 is 4.90 Å². The van der Waals surface area contributed by atoms with E-state index in [0.29, 0.717) is 0 Å². The van der Waals surface area contributed by atoms with E-state index in [1.165, 1.54) is 17.7 Å². The highest BCUT2D eigenvalue weighted by Gasteiger charge is 2.23. The predicted molar refractivity (Wildman–Crippen MR) is 79.5 cm³/mol. The van der Waals surface area contributed by atoms with Crippen LogP contribution in [0.15, 0.2) is 48.5 Å². The number of benzene rings is 2. The van der Waals surface area contributed by atoms with Crippen LogP contribution in [0, 0.1) is 12.7 Å². The first-order valence-electron chi connectivity index (χ1n) is 6.50. The third-order valence-electron chi connectivity index (χ3n) is 3.02. The number of aryl methyl sites for hydroxylation is 1. The van der Waals surface area contributed by atoms with Crippen molar-refractivity contribution in [2.45, 2.75) is 33.2 Å². The summed E-state index contributed by atoms with van der Waals surface area (Å²) in [6.07, 6.45) is 0. The van der Waals surface area contributed by atoms with Crippen molar-refractivity contribution >= 4 is 11.4 Å². The molecule has 0 aromatic heterocycles. The fraction of sp³-hybridized carbons (Fsp3) is 0.294. The summed E-state index contributed by atoms with van der Waals surface area (Å²) in [6.45, 7) is 8.53. The lowest BCUT2D eigenvalue weighted by Crippen LogP contribution is -2.37. The quantitative estimate of drug-likeness (QED) is 0.726. The number of hydrogen-bond donors (Lipinski definition) is 0. The Morgan fingerprint density at radius 2 is 1.53 bits per heavy atom. The lowest BCUT2D eigenvalue weighted by atomic mass is 10.0. The topological polar surface area (TPSA) is 3.24 Å². The normalized spacial score (nSPS) is 11.4. The first-order chi connectivity index (χ1) is 8.88. The highest BCUT2D eigenvalue weighted by atomic mass is 19.1. The molecule has 0 aliphatic carbocycles. The van der Waals surface area contributed by atoms with Gasteiger partial charge in [-0.3, -0.25) is 0 Å². The van der Waals surface area contributed by atoms with Crippen molar-refractivity contribution in [1.29, 1.82) is 0 Å². The molecule has 0 aliphatic heterocycles. The van der Waals surface area contributed by atoms with Crippen molar-refractivity contribution in [3.05, 3.63) is 59.9 Å². The van der Waals surface area contributed by atoms with E-state index >= 15 is 0 Å². The maximum absolute atomic E-state index is 13.1. The Bertz CT molecular complexity index is 552. The first kappa shape index (κ1) is 13.6. The van der Waals surface area contributed by atoms with Gasteiger partial charge in [0.25, 0.3) is 0 Å². The minimum absolute atomic E-state index is 0.0778. The number of hydrogen-bond acceptors (Lipinski definition) is 1. The van der Waals surface area contributed by atoms with Crippen molar-refractivity contribution in [2.75, 3.05) is 4.90 Å². The average Bonchev–Trinajstić information content (AvgIpc) is 2.30. The van der Waals surface area contributed by atoms with E-state index in [4.69, 9.17) is 0 Å². The molecule has 0 amide bonds. The van der Waals surface area contributed by atoms with Gasteiger partial charge in [-0.15, -0.1) is 0 Å². The monoisotopic (exact) mass is 257 g/mol. The van der Waals surface area contributed by atoms with Crippen molar-refractivity contribution < 1.29 is 4.39 Å². The van der Waals surface area contributed by atoms with Crippen molar-refractivity contribution in [1.82, 2.24) is 0 Å². The van der Waals surface area contributed by atoms with Gasteiger partial charge >= 0.3 is 0 Å². The van der Waals surface area contributed by atoms with E-state index in [-0.39, 0.29) is 11.4 Å². The molecule has 0 bridgehead atoms. The average molecular weight is 257 g/mol. The second-order valence-corrected chi connectivity index (χ2v) is 5.82. The summed E-state index contributed by atoms with van der Waals surface area (Å²) in [6, 6.07) is 15.0. The summed E-state index contributed by atoms with van der Waals surface area (Å²) in [5, 5.41) is 0. The Hall–Kier alpha value is -1.83. The molecule has 0 aliphatic rings. The molecule has 0 saturated carbocycles. The SMILES string of the molecule is Cc1cccc(N(c2ccc(F)cc2)C(C)(C)C)c1. The van der Waals surface area contributed by atoms with Crippen LogP contribution in [0.2, 0.25) is 0 Å². The Morgan fingerprint density at radius 3 is 2.05 bits per heavy atom. The molecule has 0 heterocycles. The summed E-state index contributed by atoms with van der Waals surface area (Å²) in [5.41, 5.74) is 3.26. The van der Waals surface area contributed by atoms with Crippen LogP contribution in [0.5, 0.6) is 0 Å². The Balaban J connectivity index is 2.51. The Labute approximate surface area is 114 Å². The van der Waals surface area contributed by atoms with Gasteiger partial charge in [-0.2, -0.15) is 0 Å². The molecule has 0 radical (unpaired) electrons. The summed E-state index contributed by atoms with van der Waals surface area (Å²) < 4.78 is 13.1. The third-order valence-corrected chi connectivity index (χ3v) is 3.02. The van der Waals surface area contributed by atoms with E-state index < -0.39 is 0 Å². The van der Waals surface area contributed by atoms with Gasteiger partial charge in [0, 0.05) is 16.9 Å². The largest absolute Gasteiger partial charge is 0.336 e. The van der Waals surface area contributed by atoms with Gasteiger partial charge < -0.3 is 4.90 Å². The van der Waals surface area contributed by atoms with Gasteiger partial charge in [0.15, 0.2) is 0 Å². The van der Waals surface area contributed by atoms with Crippen molar-refractivity contribution in [3.8, 4) is 0 Å². The molecule has 0 N–H and O–H groups in total. The maximum atomic E-state index is 13.1. The highest BCUT2D eigenvalue weighted by Crippen LogP contribution is 2.33. The molecule has 0 unspecified atom stereocenters. The lowest BCUT2D eigenvalue weighted by Gasteiger charge is -2.38. The Kier molecular flexibility index (Phi) is 3.61. The molecule has 2 aromatic carbocycles. The van der Waals surface area contributed by atoms with Crippen molar-refractivity contribution in [3.63, 3.8) is 0 Å². The second-order valence-electron chi connectivity index (χ2n) is 5.82. The molecule has 0 spiro atoms. The van der Waals surface area contributed by atoms with E-state index in [9.17, 15) is 4.39 Å². The van der Waals surface area contributed by atoms with Crippen LogP contribution in [0.1, 0.15) is 26.3 Å². The van der Waals surface area contributed by atoms with Crippen LogP contribution >= 0.6 is 0 Å². The molecule has 1 nitrogen and oxygen atoms in total. The zero-order valence-electron chi connectivity index (χ0n) is 11.9. The fourth-order valence-electron chi connectivity index (χ4n) is 2.28. The summed E-state index contributed by atoms with van der Waals surface area (Å²) >= 11 is 0. The number of rotatable bonds is 2. The molecular weight excluding hydrogens is 237 g/mol. The fourth-order valence-corrected chi connectivity index (χ4v) is 2.28. The first-order valence-corrected chi connectivity index (χ1v) is 6.50.